The van der Waals surface area contributed by atoms with Gasteiger partial charge in [0.1, 0.15) is 0 Å². The number of benzene rings is 1. The highest BCUT2D eigenvalue weighted by Crippen LogP contribution is 2.06. The number of hydrogen-bond donors (Lipinski definition) is 2. The molecule has 2 N–H and O–H groups in total. The lowest BCUT2D eigenvalue weighted by Gasteiger charge is -2.18. The highest BCUT2D eigenvalue weighted by molar-refractivity contribution is 5.78. The fourth-order valence-electron chi connectivity index (χ4n) is 1.76. The summed E-state index contributed by atoms with van der Waals surface area (Å²) >= 11 is 0. The zero-order valence-electron chi connectivity index (χ0n) is 10.8. The lowest BCUT2D eigenvalue weighted by Crippen LogP contribution is -2.41. The predicted molar refractivity (Wildman–Crippen MR) is 73.1 cm³/mol. The van der Waals surface area contributed by atoms with Gasteiger partial charge in [-0.25, -0.2) is 0 Å². The zero-order valence-corrected chi connectivity index (χ0v) is 10.8. The molecule has 0 heterocycles. The number of hydrogen-bond acceptors (Lipinski definition) is 2. The van der Waals surface area contributed by atoms with Crippen molar-refractivity contribution in [2.45, 2.75) is 25.8 Å². The minimum Gasteiger partial charge on any atom is -0.394 e. The number of carbonyl (C=O) groups excluding carboxylic acids is 1. The second-order valence-corrected chi connectivity index (χ2v) is 4.50. The molecule has 0 fully saturated rings. The van der Waals surface area contributed by atoms with Gasteiger partial charge in [0.25, 0.3) is 0 Å². The van der Waals surface area contributed by atoms with Crippen LogP contribution in [0.1, 0.15) is 18.9 Å². The van der Waals surface area contributed by atoms with Crippen LogP contribution in [0.15, 0.2) is 43.0 Å². The summed E-state index contributed by atoms with van der Waals surface area (Å²) in [4.78, 5) is 11.8. The molecule has 0 saturated carbocycles. The van der Waals surface area contributed by atoms with Gasteiger partial charge in [-0.1, -0.05) is 43.3 Å². The maximum Gasteiger partial charge on any atom is 0.223 e. The summed E-state index contributed by atoms with van der Waals surface area (Å²) in [6, 6.07) is 9.59. The summed E-state index contributed by atoms with van der Waals surface area (Å²) in [7, 11) is 0. The van der Waals surface area contributed by atoms with Crippen molar-refractivity contribution in [3.05, 3.63) is 48.6 Å². The first-order chi connectivity index (χ1) is 8.67. The third-order valence-electron chi connectivity index (χ3n) is 2.86. The first-order valence-corrected chi connectivity index (χ1v) is 6.23. The van der Waals surface area contributed by atoms with Crippen molar-refractivity contribution < 1.29 is 9.90 Å². The number of nitrogens with one attached hydrogen (secondary N) is 1. The molecule has 0 spiro atoms. The summed E-state index contributed by atoms with van der Waals surface area (Å²) in [6.45, 7) is 5.42. The Morgan fingerprint density at radius 2 is 2.11 bits per heavy atom. The van der Waals surface area contributed by atoms with Crippen LogP contribution in [0.5, 0.6) is 0 Å². The van der Waals surface area contributed by atoms with Gasteiger partial charge in [0, 0.05) is 5.92 Å². The Bertz CT molecular complexity index is 375. The lowest BCUT2D eigenvalue weighted by molar-refractivity contribution is -0.125. The summed E-state index contributed by atoms with van der Waals surface area (Å²) in [5, 5.41) is 12.2. The molecule has 0 aromatic heterocycles. The van der Waals surface area contributed by atoms with Gasteiger partial charge in [-0.3, -0.25) is 4.79 Å². The lowest BCUT2D eigenvalue weighted by atomic mass is 10.0. The van der Waals surface area contributed by atoms with Crippen LogP contribution in [-0.4, -0.2) is 23.7 Å². The minimum atomic E-state index is -0.229. The van der Waals surface area contributed by atoms with Crippen molar-refractivity contribution in [2.75, 3.05) is 6.61 Å². The van der Waals surface area contributed by atoms with Crippen molar-refractivity contribution in [1.29, 1.82) is 0 Å². The Morgan fingerprint density at radius 1 is 1.44 bits per heavy atom. The molecule has 1 rings (SSSR count). The van der Waals surface area contributed by atoms with Crippen LogP contribution in [0.4, 0.5) is 0 Å². The molecule has 0 aliphatic heterocycles. The van der Waals surface area contributed by atoms with Crippen LogP contribution in [0.25, 0.3) is 0 Å². The summed E-state index contributed by atoms with van der Waals surface area (Å²) in [5.41, 5.74) is 1.10. The van der Waals surface area contributed by atoms with E-state index in [2.05, 4.69) is 11.9 Å². The Balaban J connectivity index is 2.52. The molecule has 18 heavy (non-hydrogen) atoms. The minimum absolute atomic E-state index is 0.0371. The van der Waals surface area contributed by atoms with E-state index in [0.717, 1.165) is 5.56 Å². The number of rotatable bonds is 7. The molecule has 0 aliphatic carbocycles. The fourth-order valence-corrected chi connectivity index (χ4v) is 1.76. The summed E-state index contributed by atoms with van der Waals surface area (Å²) < 4.78 is 0. The molecule has 0 bridgehead atoms. The normalized spacial score (nSPS) is 13.7. The molecule has 3 heteroatoms. The molecule has 1 aromatic carbocycles. The van der Waals surface area contributed by atoms with Crippen molar-refractivity contribution in [1.82, 2.24) is 5.32 Å². The molecular weight excluding hydrogens is 226 g/mol. The third kappa shape index (κ3) is 4.72. The summed E-state index contributed by atoms with van der Waals surface area (Å²) in [6.07, 6.45) is 3.02. The molecular formula is C15H21NO2. The molecule has 1 aromatic rings. The monoisotopic (exact) mass is 247 g/mol. The molecule has 2 atom stereocenters. The standard InChI is InChI=1S/C15H21NO2/c1-3-7-12(2)15(18)16-14(11-17)10-13-8-5-4-6-9-13/h3-6,8-9,12,14,17H,1,7,10-11H2,2H3,(H,16,18)/t12-,14-/m0/s1. The topological polar surface area (TPSA) is 49.3 Å². The Kier molecular flexibility index (Phi) is 6.15. The van der Waals surface area contributed by atoms with Gasteiger partial charge in [-0.15, -0.1) is 6.58 Å². The van der Waals surface area contributed by atoms with E-state index in [9.17, 15) is 9.90 Å². The average Bonchev–Trinajstić information content (AvgIpc) is 2.39. The second-order valence-electron chi connectivity index (χ2n) is 4.50. The van der Waals surface area contributed by atoms with Crippen LogP contribution in [0.2, 0.25) is 0 Å². The number of amides is 1. The molecule has 3 nitrogen and oxygen atoms in total. The van der Waals surface area contributed by atoms with Gasteiger partial charge in [-0.05, 0) is 18.4 Å². The van der Waals surface area contributed by atoms with Gasteiger partial charge in [-0.2, -0.15) is 0 Å². The smallest absolute Gasteiger partial charge is 0.223 e. The van der Waals surface area contributed by atoms with E-state index >= 15 is 0 Å². The Labute approximate surface area is 109 Å². The summed E-state index contributed by atoms with van der Waals surface area (Å²) in [5.74, 6) is -0.141. The Hall–Kier alpha value is -1.61. The largest absolute Gasteiger partial charge is 0.394 e. The predicted octanol–water partition coefficient (Wildman–Crippen LogP) is 1.92. The molecule has 98 valence electrons. The third-order valence-corrected chi connectivity index (χ3v) is 2.86. The van der Waals surface area contributed by atoms with Crippen LogP contribution < -0.4 is 5.32 Å². The second kappa shape index (κ2) is 7.67. The van der Waals surface area contributed by atoms with Crippen molar-refractivity contribution >= 4 is 5.91 Å². The van der Waals surface area contributed by atoms with E-state index in [1.165, 1.54) is 0 Å². The Morgan fingerprint density at radius 3 is 2.67 bits per heavy atom. The number of aliphatic hydroxyl groups is 1. The molecule has 0 radical (unpaired) electrons. The van der Waals surface area contributed by atoms with E-state index in [1.54, 1.807) is 6.08 Å². The van der Waals surface area contributed by atoms with Crippen LogP contribution in [0.3, 0.4) is 0 Å². The number of aliphatic hydroxyl groups excluding tert-OH is 1. The van der Waals surface area contributed by atoms with Gasteiger partial charge < -0.3 is 10.4 Å². The van der Waals surface area contributed by atoms with Gasteiger partial charge in [0.2, 0.25) is 5.91 Å². The van der Waals surface area contributed by atoms with Crippen molar-refractivity contribution in [2.24, 2.45) is 5.92 Å². The van der Waals surface area contributed by atoms with E-state index in [4.69, 9.17) is 0 Å². The number of allylic oxidation sites excluding steroid dienone is 1. The zero-order chi connectivity index (χ0) is 13.4. The van der Waals surface area contributed by atoms with Gasteiger partial charge in [0.15, 0.2) is 0 Å². The molecule has 0 unspecified atom stereocenters. The molecule has 0 aliphatic rings. The van der Waals surface area contributed by atoms with E-state index in [-0.39, 0.29) is 24.5 Å². The SMILES string of the molecule is C=CC[C@H](C)C(=O)N[C@H](CO)Cc1ccccc1. The van der Waals surface area contributed by atoms with E-state index in [1.807, 2.05) is 37.3 Å². The van der Waals surface area contributed by atoms with E-state index in [0.29, 0.717) is 12.8 Å². The molecule has 1 amide bonds. The van der Waals surface area contributed by atoms with Crippen molar-refractivity contribution in [3.63, 3.8) is 0 Å². The van der Waals surface area contributed by atoms with Gasteiger partial charge >= 0.3 is 0 Å². The maximum atomic E-state index is 11.8. The first kappa shape index (κ1) is 14.5. The van der Waals surface area contributed by atoms with E-state index < -0.39 is 0 Å². The maximum absolute atomic E-state index is 11.8. The highest BCUT2D eigenvalue weighted by atomic mass is 16.3. The average molecular weight is 247 g/mol. The van der Waals surface area contributed by atoms with Crippen LogP contribution in [-0.2, 0) is 11.2 Å². The van der Waals surface area contributed by atoms with Crippen LogP contribution >= 0.6 is 0 Å². The first-order valence-electron chi connectivity index (χ1n) is 6.23. The van der Waals surface area contributed by atoms with Gasteiger partial charge in [0.05, 0.1) is 12.6 Å². The van der Waals surface area contributed by atoms with Crippen LogP contribution in [0, 0.1) is 5.92 Å². The highest BCUT2D eigenvalue weighted by Gasteiger charge is 2.16. The quantitative estimate of drug-likeness (QED) is 0.723. The fraction of sp³-hybridized carbons (Fsp3) is 0.400. The molecule has 0 saturated heterocycles. The number of carbonyl (C=O) groups is 1. The van der Waals surface area contributed by atoms with Crippen molar-refractivity contribution in [3.8, 4) is 0 Å².